The Hall–Kier alpha value is -1.32. The number of anilines is 1. The van der Waals surface area contributed by atoms with Gasteiger partial charge in [-0.15, -0.1) is 0 Å². The topological polar surface area (TPSA) is 29.1 Å². The molecule has 2 aromatic carbocycles. The van der Waals surface area contributed by atoms with Gasteiger partial charge in [0.2, 0.25) is 0 Å². The third kappa shape index (κ3) is 3.41. The van der Waals surface area contributed by atoms with E-state index in [9.17, 15) is 4.79 Å². The minimum absolute atomic E-state index is 0.188. The molecule has 2 nitrogen and oxygen atoms in total. The van der Waals surface area contributed by atoms with Gasteiger partial charge in [0.25, 0.3) is 5.91 Å². The van der Waals surface area contributed by atoms with Crippen LogP contribution < -0.4 is 5.32 Å². The largest absolute Gasteiger partial charge is 0.322 e. The molecule has 0 aliphatic rings. The first-order valence-corrected chi connectivity index (χ1v) is 7.54. The Morgan fingerprint density at radius 2 is 2.00 bits per heavy atom. The van der Waals surface area contributed by atoms with Crippen molar-refractivity contribution in [1.82, 2.24) is 0 Å². The maximum Gasteiger partial charge on any atom is 0.257 e. The van der Waals surface area contributed by atoms with E-state index in [1.165, 1.54) is 0 Å². The van der Waals surface area contributed by atoms with E-state index in [4.69, 9.17) is 11.6 Å². The lowest BCUT2D eigenvalue weighted by atomic mass is 10.1. The molecule has 2 aromatic rings. The summed E-state index contributed by atoms with van der Waals surface area (Å²) >= 11 is 9.56. The summed E-state index contributed by atoms with van der Waals surface area (Å²) in [5, 5.41) is 3.39. The maximum absolute atomic E-state index is 12.3. The van der Waals surface area contributed by atoms with E-state index >= 15 is 0 Å². The molecule has 0 bridgehead atoms. The molecule has 0 aliphatic heterocycles. The number of amides is 1. The van der Waals surface area contributed by atoms with Gasteiger partial charge in [-0.1, -0.05) is 40.5 Å². The molecule has 0 spiro atoms. The van der Waals surface area contributed by atoms with Gasteiger partial charge in [-0.2, -0.15) is 0 Å². The molecule has 2 rings (SSSR count). The molecule has 0 heterocycles. The predicted octanol–water partition coefficient (Wildman–Crippen LogP) is 5.23. The zero-order valence-corrected chi connectivity index (χ0v) is 13.7. The number of aryl methyl sites for hydroxylation is 2. The lowest BCUT2D eigenvalue weighted by Crippen LogP contribution is -2.13. The van der Waals surface area contributed by atoms with Crippen LogP contribution in [0.25, 0.3) is 0 Å². The predicted molar refractivity (Wildman–Crippen MR) is 87.7 cm³/mol. The van der Waals surface area contributed by atoms with Gasteiger partial charge in [0.1, 0.15) is 0 Å². The van der Waals surface area contributed by atoms with Crippen molar-refractivity contribution in [2.24, 2.45) is 0 Å². The van der Waals surface area contributed by atoms with Crippen LogP contribution in [0.4, 0.5) is 5.69 Å². The van der Waals surface area contributed by atoms with E-state index in [-0.39, 0.29) is 5.91 Å². The van der Waals surface area contributed by atoms with E-state index in [0.29, 0.717) is 10.6 Å². The minimum atomic E-state index is -0.188. The summed E-state index contributed by atoms with van der Waals surface area (Å²) < 4.78 is 1.00. The van der Waals surface area contributed by atoms with Gasteiger partial charge >= 0.3 is 0 Å². The van der Waals surface area contributed by atoms with Crippen LogP contribution in [0.15, 0.2) is 40.9 Å². The van der Waals surface area contributed by atoms with Gasteiger partial charge in [0, 0.05) is 10.2 Å². The highest BCUT2D eigenvalue weighted by Crippen LogP contribution is 2.24. The van der Waals surface area contributed by atoms with E-state index < -0.39 is 0 Å². The molecule has 104 valence electrons. The highest BCUT2D eigenvalue weighted by molar-refractivity contribution is 9.10. The van der Waals surface area contributed by atoms with E-state index in [1.807, 2.05) is 31.2 Å². The molecule has 0 aliphatic carbocycles. The van der Waals surface area contributed by atoms with Crippen LogP contribution in [0.1, 0.15) is 28.4 Å². The summed E-state index contributed by atoms with van der Waals surface area (Å²) in [7, 11) is 0. The summed E-state index contributed by atoms with van der Waals surface area (Å²) in [6.45, 7) is 3.99. The van der Waals surface area contributed by atoms with Crippen molar-refractivity contribution in [2.75, 3.05) is 5.32 Å². The first kappa shape index (κ1) is 15.1. The summed E-state index contributed by atoms with van der Waals surface area (Å²) in [6.07, 6.45) is 0.844. The third-order valence-corrected chi connectivity index (χ3v) is 3.87. The smallest absolute Gasteiger partial charge is 0.257 e. The fourth-order valence-electron chi connectivity index (χ4n) is 1.97. The van der Waals surface area contributed by atoms with Crippen LogP contribution >= 0.6 is 27.5 Å². The second-order valence-corrected chi connectivity index (χ2v) is 5.92. The van der Waals surface area contributed by atoms with Crippen molar-refractivity contribution in [3.8, 4) is 0 Å². The van der Waals surface area contributed by atoms with Crippen molar-refractivity contribution >= 4 is 39.1 Å². The van der Waals surface area contributed by atoms with Gasteiger partial charge in [0.15, 0.2) is 0 Å². The van der Waals surface area contributed by atoms with Crippen LogP contribution in [-0.4, -0.2) is 5.91 Å². The lowest BCUT2D eigenvalue weighted by Gasteiger charge is -2.11. The van der Waals surface area contributed by atoms with Gasteiger partial charge in [0.05, 0.1) is 10.6 Å². The first-order chi connectivity index (χ1) is 9.51. The highest BCUT2D eigenvalue weighted by atomic mass is 79.9. The molecule has 0 radical (unpaired) electrons. The van der Waals surface area contributed by atoms with E-state index in [0.717, 1.165) is 27.7 Å². The number of rotatable bonds is 3. The first-order valence-electron chi connectivity index (χ1n) is 6.37. The van der Waals surface area contributed by atoms with Crippen LogP contribution in [0.2, 0.25) is 5.02 Å². The highest BCUT2D eigenvalue weighted by Gasteiger charge is 2.12. The molecule has 1 amide bonds. The minimum Gasteiger partial charge on any atom is -0.322 e. The summed E-state index contributed by atoms with van der Waals surface area (Å²) in [5.41, 5.74) is 3.42. The molecule has 0 fully saturated rings. The zero-order chi connectivity index (χ0) is 14.7. The second-order valence-electron chi connectivity index (χ2n) is 4.59. The molecule has 20 heavy (non-hydrogen) atoms. The fourth-order valence-corrected chi connectivity index (χ4v) is 2.70. The Bertz CT molecular complexity index is 655. The molecule has 0 saturated heterocycles. The van der Waals surface area contributed by atoms with Crippen molar-refractivity contribution in [3.05, 3.63) is 62.6 Å². The number of hydrogen-bond donors (Lipinski definition) is 1. The molecule has 1 N–H and O–H groups in total. The van der Waals surface area contributed by atoms with Crippen LogP contribution in [-0.2, 0) is 6.42 Å². The fraction of sp³-hybridized carbons (Fsp3) is 0.188. The van der Waals surface area contributed by atoms with Crippen molar-refractivity contribution in [2.45, 2.75) is 20.3 Å². The number of halogens is 2. The Labute approximate surface area is 132 Å². The quantitative estimate of drug-likeness (QED) is 0.805. The van der Waals surface area contributed by atoms with Crippen LogP contribution in [0.3, 0.4) is 0 Å². The van der Waals surface area contributed by atoms with Gasteiger partial charge in [-0.3, -0.25) is 4.79 Å². The van der Waals surface area contributed by atoms with Gasteiger partial charge < -0.3 is 5.32 Å². The Balaban J connectivity index is 2.28. The second kappa shape index (κ2) is 6.42. The third-order valence-electron chi connectivity index (χ3n) is 3.07. The molecule has 0 atom stereocenters. The van der Waals surface area contributed by atoms with Crippen molar-refractivity contribution < 1.29 is 4.79 Å². The number of benzene rings is 2. The maximum atomic E-state index is 12.3. The molecule has 4 heteroatoms. The summed E-state index contributed by atoms with van der Waals surface area (Å²) in [6, 6.07) is 11.2. The van der Waals surface area contributed by atoms with Gasteiger partial charge in [-0.05, 0) is 54.8 Å². The van der Waals surface area contributed by atoms with Crippen molar-refractivity contribution in [1.29, 1.82) is 0 Å². The molecule has 0 saturated carbocycles. The molecule has 0 unspecified atom stereocenters. The molecular formula is C16H15BrClNO. The standard InChI is InChI=1S/C16H15BrClNO/c1-3-11-9-12(17)5-7-15(11)19-16(20)13-6-4-10(2)8-14(13)18/h4-9H,3H2,1-2H3,(H,19,20). The number of carbonyl (C=O) groups is 1. The molecular weight excluding hydrogens is 338 g/mol. The van der Waals surface area contributed by atoms with E-state index in [2.05, 4.69) is 28.2 Å². The monoisotopic (exact) mass is 351 g/mol. The van der Waals surface area contributed by atoms with E-state index in [1.54, 1.807) is 12.1 Å². The van der Waals surface area contributed by atoms with Crippen LogP contribution in [0, 0.1) is 6.92 Å². The number of hydrogen-bond acceptors (Lipinski definition) is 1. The summed E-state index contributed by atoms with van der Waals surface area (Å²) in [5.74, 6) is -0.188. The Kier molecular flexibility index (Phi) is 4.84. The summed E-state index contributed by atoms with van der Waals surface area (Å²) in [4.78, 5) is 12.3. The van der Waals surface area contributed by atoms with Gasteiger partial charge in [-0.25, -0.2) is 0 Å². The SMILES string of the molecule is CCc1cc(Br)ccc1NC(=O)c1ccc(C)cc1Cl. The Morgan fingerprint density at radius 1 is 1.25 bits per heavy atom. The normalized spacial score (nSPS) is 10.4. The average molecular weight is 353 g/mol. The van der Waals surface area contributed by atoms with Crippen LogP contribution in [0.5, 0.6) is 0 Å². The van der Waals surface area contributed by atoms with Crippen molar-refractivity contribution in [3.63, 3.8) is 0 Å². The lowest BCUT2D eigenvalue weighted by molar-refractivity contribution is 0.102. The number of nitrogens with one attached hydrogen (secondary N) is 1. The number of carbonyl (C=O) groups excluding carboxylic acids is 1. The Morgan fingerprint density at radius 3 is 2.65 bits per heavy atom. The average Bonchev–Trinajstić information content (AvgIpc) is 2.40. The molecule has 0 aromatic heterocycles. The zero-order valence-electron chi connectivity index (χ0n) is 11.3.